The van der Waals surface area contributed by atoms with Gasteiger partial charge in [-0.3, -0.25) is 10.3 Å². The lowest BCUT2D eigenvalue weighted by atomic mass is 10.3. The van der Waals surface area contributed by atoms with Crippen LogP contribution in [0.2, 0.25) is 0 Å². The van der Waals surface area contributed by atoms with E-state index in [0.717, 1.165) is 24.6 Å². The van der Waals surface area contributed by atoms with Gasteiger partial charge < -0.3 is 0 Å². The predicted molar refractivity (Wildman–Crippen MR) is 69.5 cm³/mol. The molecule has 7 heteroatoms. The molecule has 2 atom stereocenters. The zero-order valence-corrected chi connectivity index (χ0v) is 11.1. The number of nitrogens with one attached hydrogen (secondary N) is 1. The van der Waals surface area contributed by atoms with Crippen LogP contribution in [0.25, 0.3) is 0 Å². The highest BCUT2D eigenvalue weighted by molar-refractivity contribution is 8.00. The maximum Gasteiger partial charge on any atom is 0.219 e. The fourth-order valence-electron chi connectivity index (χ4n) is 1.98. The van der Waals surface area contributed by atoms with Crippen molar-refractivity contribution >= 4 is 28.2 Å². The van der Waals surface area contributed by atoms with Crippen LogP contribution in [0.4, 0.5) is 5.13 Å². The Balaban J connectivity index is 1.93. The number of nitrogens with zero attached hydrogens (tertiary/aromatic N) is 3. The molecule has 0 saturated carbocycles. The molecule has 0 aliphatic carbocycles. The minimum absolute atomic E-state index is 0.683. The summed E-state index contributed by atoms with van der Waals surface area (Å²) in [6.07, 6.45) is 0. The number of hydrogen-bond donors (Lipinski definition) is 2. The third-order valence-electron chi connectivity index (χ3n) is 2.44. The summed E-state index contributed by atoms with van der Waals surface area (Å²) in [5.74, 6) is 5.28. The van der Waals surface area contributed by atoms with Crippen LogP contribution in [0.5, 0.6) is 0 Å². The van der Waals surface area contributed by atoms with Gasteiger partial charge in [0, 0.05) is 23.6 Å². The molecular weight excluding hydrogens is 242 g/mol. The Kier molecular flexibility index (Phi) is 4.01. The van der Waals surface area contributed by atoms with Gasteiger partial charge in [-0.25, -0.2) is 5.84 Å². The van der Waals surface area contributed by atoms with Crippen LogP contribution in [-0.2, 0) is 6.54 Å². The molecular formula is C9H17N5S2. The monoisotopic (exact) mass is 259 g/mol. The average Bonchev–Trinajstić information content (AvgIpc) is 2.64. The third-order valence-corrected chi connectivity index (χ3v) is 4.51. The van der Waals surface area contributed by atoms with Crippen molar-refractivity contribution in [3.63, 3.8) is 0 Å². The lowest BCUT2D eigenvalue weighted by Crippen LogP contribution is -2.39. The second-order valence-electron chi connectivity index (χ2n) is 4.10. The Morgan fingerprint density at radius 3 is 2.62 bits per heavy atom. The van der Waals surface area contributed by atoms with Crippen molar-refractivity contribution in [2.75, 3.05) is 18.5 Å². The quantitative estimate of drug-likeness (QED) is 0.627. The van der Waals surface area contributed by atoms with Crippen LogP contribution in [-0.4, -0.2) is 38.7 Å². The number of thioether (sulfide) groups is 1. The Hall–Kier alpha value is -0.370. The molecule has 1 fully saturated rings. The summed E-state index contributed by atoms with van der Waals surface area (Å²) in [6, 6.07) is 0. The summed E-state index contributed by atoms with van der Waals surface area (Å²) >= 11 is 3.58. The topological polar surface area (TPSA) is 67.1 Å². The van der Waals surface area contributed by atoms with E-state index in [4.69, 9.17) is 5.84 Å². The maximum absolute atomic E-state index is 5.28. The van der Waals surface area contributed by atoms with E-state index in [1.807, 2.05) is 0 Å². The molecule has 2 unspecified atom stereocenters. The van der Waals surface area contributed by atoms with Gasteiger partial charge in [-0.05, 0) is 0 Å². The molecule has 3 N–H and O–H groups in total. The highest BCUT2D eigenvalue weighted by Gasteiger charge is 2.23. The van der Waals surface area contributed by atoms with E-state index >= 15 is 0 Å². The molecule has 5 nitrogen and oxygen atoms in total. The minimum Gasteiger partial charge on any atom is -0.298 e. The maximum atomic E-state index is 5.28. The minimum atomic E-state index is 0.683. The van der Waals surface area contributed by atoms with Gasteiger partial charge in [0.15, 0.2) is 0 Å². The highest BCUT2D eigenvalue weighted by Crippen LogP contribution is 2.26. The molecule has 1 aliphatic heterocycles. The second kappa shape index (κ2) is 5.31. The summed E-state index contributed by atoms with van der Waals surface area (Å²) in [6.45, 7) is 7.69. The fraction of sp³-hybridized carbons (Fsp3) is 0.778. The lowest BCUT2D eigenvalue weighted by Gasteiger charge is -2.33. The molecule has 0 amide bonds. The van der Waals surface area contributed by atoms with Gasteiger partial charge in [-0.15, -0.1) is 10.2 Å². The van der Waals surface area contributed by atoms with Crippen molar-refractivity contribution in [3.8, 4) is 0 Å². The predicted octanol–water partition coefficient (Wildman–Crippen LogP) is 1.15. The molecule has 2 rings (SSSR count). The number of aromatic nitrogens is 2. The van der Waals surface area contributed by atoms with Crippen LogP contribution in [0.15, 0.2) is 0 Å². The molecule has 1 aliphatic rings. The standard InChI is InChI=1S/C9H17N5S2/c1-6-3-14(4-7(2)15-6)5-8-12-13-9(11-10)16-8/h6-7H,3-5,10H2,1-2H3,(H,11,13). The fourth-order valence-corrected chi connectivity index (χ4v) is 4.06. The molecule has 0 radical (unpaired) electrons. The van der Waals surface area contributed by atoms with Crippen molar-refractivity contribution in [2.45, 2.75) is 30.9 Å². The van der Waals surface area contributed by atoms with Crippen molar-refractivity contribution in [3.05, 3.63) is 5.01 Å². The molecule has 0 aromatic carbocycles. The van der Waals surface area contributed by atoms with Crippen molar-refractivity contribution in [1.82, 2.24) is 15.1 Å². The van der Waals surface area contributed by atoms with Crippen molar-refractivity contribution in [1.29, 1.82) is 0 Å². The Labute approximate surface area is 104 Å². The van der Waals surface area contributed by atoms with Gasteiger partial charge in [0.1, 0.15) is 5.01 Å². The molecule has 2 heterocycles. The second-order valence-corrected chi connectivity index (χ2v) is 7.04. The molecule has 1 aromatic heterocycles. The van der Waals surface area contributed by atoms with Crippen LogP contribution >= 0.6 is 23.1 Å². The molecule has 1 saturated heterocycles. The van der Waals surface area contributed by atoms with E-state index in [1.165, 1.54) is 11.3 Å². The first-order valence-corrected chi connectivity index (χ1v) is 7.10. The van der Waals surface area contributed by atoms with E-state index in [1.54, 1.807) is 0 Å². The number of anilines is 1. The van der Waals surface area contributed by atoms with Crippen molar-refractivity contribution in [2.24, 2.45) is 5.84 Å². The Morgan fingerprint density at radius 1 is 1.38 bits per heavy atom. The Bertz CT molecular complexity index is 332. The van der Waals surface area contributed by atoms with Gasteiger partial charge in [-0.1, -0.05) is 25.2 Å². The molecule has 0 bridgehead atoms. The summed E-state index contributed by atoms with van der Waals surface area (Å²) in [4.78, 5) is 2.44. The van der Waals surface area contributed by atoms with E-state index < -0.39 is 0 Å². The number of hydrazine groups is 1. The van der Waals surface area contributed by atoms with Gasteiger partial charge in [0.2, 0.25) is 5.13 Å². The number of hydrogen-bond acceptors (Lipinski definition) is 7. The first-order chi connectivity index (χ1) is 7.67. The number of nitrogens with two attached hydrogens (primary N) is 1. The first-order valence-electron chi connectivity index (χ1n) is 5.34. The summed E-state index contributed by atoms with van der Waals surface area (Å²) in [5.41, 5.74) is 2.52. The molecule has 1 aromatic rings. The van der Waals surface area contributed by atoms with Crippen molar-refractivity contribution < 1.29 is 0 Å². The van der Waals surface area contributed by atoms with Crippen LogP contribution in [0.1, 0.15) is 18.9 Å². The smallest absolute Gasteiger partial charge is 0.219 e. The zero-order valence-electron chi connectivity index (χ0n) is 9.51. The molecule has 90 valence electrons. The SMILES string of the molecule is CC1CN(Cc2nnc(NN)s2)CC(C)S1. The summed E-state index contributed by atoms with van der Waals surface area (Å²) in [5, 5.41) is 11.2. The first kappa shape index (κ1) is 12.1. The average molecular weight is 259 g/mol. The lowest BCUT2D eigenvalue weighted by molar-refractivity contribution is 0.262. The van der Waals surface area contributed by atoms with E-state index in [-0.39, 0.29) is 0 Å². The molecule has 16 heavy (non-hydrogen) atoms. The number of rotatable bonds is 3. The van der Waals surface area contributed by atoms with Gasteiger partial charge in [0.05, 0.1) is 6.54 Å². The highest BCUT2D eigenvalue weighted by atomic mass is 32.2. The van der Waals surface area contributed by atoms with Crippen LogP contribution in [0.3, 0.4) is 0 Å². The van der Waals surface area contributed by atoms with E-state index in [2.05, 4.69) is 46.1 Å². The van der Waals surface area contributed by atoms with Gasteiger partial charge in [0.25, 0.3) is 0 Å². The normalized spacial score (nSPS) is 26.9. The van der Waals surface area contributed by atoms with Crippen LogP contribution in [0, 0.1) is 0 Å². The largest absolute Gasteiger partial charge is 0.298 e. The zero-order chi connectivity index (χ0) is 11.5. The summed E-state index contributed by atoms with van der Waals surface area (Å²) < 4.78 is 0. The van der Waals surface area contributed by atoms with E-state index in [9.17, 15) is 0 Å². The Morgan fingerprint density at radius 2 is 2.06 bits per heavy atom. The molecule has 0 spiro atoms. The van der Waals surface area contributed by atoms with Gasteiger partial charge >= 0.3 is 0 Å². The van der Waals surface area contributed by atoms with Crippen LogP contribution < -0.4 is 11.3 Å². The van der Waals surface area contributed by atoms with E-state index in [0.29, 0.717) is 15.6 Å². The summed E-state index contributed by atoms with van der Waals surface area (Å²) in [7, 11) is 0. The number of nitrogen functional groups attached to an aromatic ring is 1. The van der Waals surface area contributed by atoms with Gasteiger partial charge in [-0.2, -0.15) is 11.8 Å². The third kappa shape index (κ3) is 3.07.